The van der Waals surface area contributed by atoms with Crippen molar-refractivity contribution in [2.45, 2.75) is 0 Å². The van der Waals surface area contributed by atoms with E-state index in [1.807, 2.05) is 0 Å². The van der Waals surface area contributed by atoms with Gasteiger partial charge in [0.05, 0.1) is 12.5 Å². The summed E-state index contributed by atoms with van der Waals surface area (Å²) in [5.41, 5.74) is 1.38. The topological polar surface area (TPSA) is 94.3 Å². The molecule has 0 saturated carbocycles. The van der Waals surface area contributed by atoms with Crippen LogP contribution < -0.4 is 5.32 Å². The third-order valence-corrected chi connectivity index (χ3v) is 3.50. The van der Waals surface area contributed by atoms with E-state index in [0.29, 0.717) is 29.0 Å². The number of carbonyl (C=O) groups is 1. The molecular formula is C19H13N3O4. The third-order valence-electron chi connectivity index (χ3n) is 3.50. The molecule has 0 aliphatic carbocycles. The van der Waals surface area contributed by atoms with Gasteiger partial charge in [-0.15, -0.1) is 10.2 Å². The molecule has 0 saturated heterocycles. The molecule has 0 spiro atoms. The van der Waals surface area contributed by atoms with Gasteiger partial charge in [-0.2, -0.15) is 0 Å². The lowest BCUT2D eigenvalue weighted by atomic mass is 10.2. The Bertz CT molecular complexity index is 1010. The first-order valence-electron chi connectivity index (χ1n) is 7.78. The largest absolute Gasteiger partial charge is 0.465 e. The minimum absolute atomic E-state index is 0.257. The summed E-state index contributed by atoms with van der Waals surface area (Å²) >= 11 is 0. The molecule has 0 fully saturated rings. The molecule has 1 aromatic carbocycles. The van der Waals surface area contributed by atoms with Crippen molar-refractivity contribution in [2.24, 2.45) is 0 Å². The summed E-state index contributed by atoms with van der Waals surface area (Å²) in [5, 5.41) is 10.7. The van der Waals surface area contributed by atoms with Gasteiger partial charge in [-0.3, -0.25) is 4.79 Å². The van der Waals surface area contributed by atoms with Crippen LogP contribution in [0.1, 0.15) is 5.76 Å². The molecule has 3 heterocycles. The number of anilines is 1. The molecule has 7 nitrogen and oxygen atoms in total. The molecule has 0 aliphatic heterocycles. The highest BCUT2D eigenvalue weighted by Crippen LogP contribution is 2.25. The number of hydrogen-bond donors (Lipinski definition) is 1. The number of hydrogen-bond acceptors (Lipinski definition) is 6. The number of rotatable bonds is 5. The average molecular weight is 347 g/mol. The third kappa shape index (κ3) is 3.46. The van der Waals surface area contributed by atoms with E-state index < -0.39 is 0 Å². The van der Waals surface area contributed by atoms with Crippen LogP contribution >= 0.6 is 0 Å². The number of aromatic nitrogens is 2. The molecular weight excluding hydrogens is 334 g/mol. The van der Waals surface area contributed by atoms with E-state index in [9.17, 15) is 4.79 Å². The summed E-state index contributed by atoms with van der Waals surface area (Å²) in [7, 11) is 0. The Morgan fingerprint density at radius 2 is 1.69 bits per heavy atom. The van der Waals surface area contributed by atoms with Crippen molar-refractivity contribution in [1.82, 2.24) is 10.2 Å². The maximum atomic E-state index is 11.9. The van der Waals surface area contributed by atoms with Crippen LogP contribution in [0.4, 0.5) is 5.69 Å². The standard InChI is InChI=1S/C19H13N3O4/c23-17(10-9-15-3-1-11-24-15)20-14-7-5-13(6-8-14)18-21-22-19(26-18)16-4-2-12-25-16/h1-12H,(H,20,23)/b10-9+. The molecule has 0 bridgehead atoms. The highest BCUT2D eigenvalue weighted by molar-refractivity contribution is 6.01. The Balaban J connectivity index is 1.43. The maximum absolute atomic E-state index is 11.9. The van der Waals surface area contributed by atoms with Crippen molar-refractivity contribution in [1.29, 1.82) is 0 Å². The molecule has 7 heteroatoms. The first-order chi connectivity index (χ1) is 12.8. The van der Waals surface area contributed by atoms with Crippen LogP contribution in [0.15, 0.2) is 80.4 Å². The number of carbonyl (C=O) groups excluding carboxylic acids is 1. The zero-order chi connectivity index (χ0) is 17.8. The quantitative estimate of drug-likeness (QED) is 0.543. The fourth-order valence-corrected chi connectivity index (χ4v) is 2.26. The molecule has 128 valence electrons. The van der Waals surface area contributed by atoms with E-state index in [1.54, 1.807) is 60.9 Å². The summed E-state index contributed by atoms with van der Waals surface area (Å²) in [6.07, 6.45) is 6.08. The van der Waals surface area contributed by atoms with Crippen molar-refractivity contribution in [3.05, 3.63) is 72.9 Å². The highest BCUT2D eigenvalue weighted by atomic mass is 16.4. The predicted octanol–water partition coefficient (Wildman–Crippen LogP) is 4.24. The Labute approximate surface area is 148 Å². The second-order valence-electron chi connectivity index (χ2n) is 5.31. The Morgan fingerprint density at radius 1 is 0.923 bits per heavy atom. The van der Waals surface area contributed by atoms with Crippen LogP contribution in [-0.4, -0.2) is 16.1 Å². The van der Waals surface area contributed by atoms with Gasteiger partial charge in [-0.25, -0.2) is 0 Å². The van der Waals surface area contributed by atoms with Crippen molar-refractivity contribution >= 4 is 17.7 Å². The zero-order valence-electron chi connectivity index (χ0n) is 13.5. The van der Waals surface area contributed by atoms with Crippen LogP contribution in [0.3, 0.4) is 0 Å². The summed E-state index contributed by atoms with van der Waals surface area (Å²) in [6.45, 7) is 0. The van der Waals surface area contributed by atoms with Gasteiger partial charge in [0.2, 0.25) is 11.8 Å². The number of benzene rings is 1. The van der Waals surface area contributed by atoms with E-state index in [-0.39, 0.29) is 5.91 Å². The molecule has 26 heavy (non-hydrogen) atoms. The molecule has 0 aliphatic rings. The lowest BCUT2D eigenvalue weighted by Gasteiger charge is -2.02. The second-order valence-corrected chi connectivity index (χ2v) is 5.31. The van der Waals surface area contributed by atoms with Gasteiger partial charge in [0.15, 0.2) is 5.76 Å². The normalized spacial score (nSPS) is 11.1. The van der Waals surface area contributed by atoms with Gasteiger partial charge < -0.3 is 18.6 Å². The fraction of sp³-hybridized carbons (Fsp3) is 0. The first-order valence-corrected chi connectivity index (χ1v) is 7.78. The Kier molecular flexibility index (Phi) is 4.17. The van der Waals surface area contributed by atoms with E-state index in [0.717, 1.165) is 5.56 Å². The molecule has 0 atom stereocenters. The van der Waals surface area contributed by atoms with Crippen molar-refractivity contribution in [3.8, 4) is 23.1 Å². The SMILES string of the molecule is O=C(/C=C/c1ccco1)Nc1ccc(-c2nnc(-c3ccco3)o2)cc1. The van der Waals surface area contributed by atoms with Gasteiger partial charge in [0.25, 0.3) is 5.89 Å². The molecule has 4 aromatic rings. The molecule has 1 N–H and O–H groups in total. The smallest absolute Gasteiger partial charge is 0.283 e. The summed E-state index contributed by atoms with van der Waals surface area (Å²) < 4.78 is 15.9. The van der Waals surface area contributed by atoms with Gasteiger partial charge in [-0.1, -0.05) is 0 Å². The molecule has 3 aromatic heterocycles. The van der Waals surface area contributed by atoms with Gasteiger partial charge in [0.1, 0.15) is 5.76 Å². The van der Waals surface area contributed by atoms with Gasteiger partial charge >= 0.3 is 0 Å². The van der Waals surface area contributed by atoms with Crippen molar-refractivity contribution in [2.75, 3.05) is 5.32 Å². The lowest BCUT2D eigenvalue weighted by Crippen LogP contribution is -2.07. The van der Waals surface area contributed by atoms with Gasteiger partial charge in [0, 0.05) is 17.3 Å². The molecule has 0 radical (unpaired) electrons. The minimum Gasteiger partial charge on any atom is -0.465 e. The zero-order valence-corrected chi connectivity index (χ0v) is 13.5. The number of amides is 1. The maximum Gasteiger partial charge on any atom is 0.283 e. The minimum atomic E-state index is -0.257. The number of nitrogens with zero attached hydrogens (tertiary/aromatic N) is 2. The molecule has 4 rings (SSSR count). The highest BCUT2D eigenvalue weighted by Gasteiger charge is 2.12. The summed E-state index contributed by atoms with van der Waals surface area (Å²) in [5.74, 6) is 1.54. The molecule has 0 unspecified atom stereocenters. The van der Waals surface area contributed by atoms with E-state index >= 15 is 0 Å². The number of nitrogens with one attached hydrogen (secondary N) is 1. The monoisotopic (exact) mass is 347 g/mol. The van der Waals surface area contributed by atoms with Crippen molar-refractivity contribution < 1.29 is 18.0 Å². The summed E-state index contributed by atoms with van der Waals surface area (Å²) in [6, 6.07) is 14.1. The average Bonchev–Trinajstić information content (AvgIpc) is 3.42. The Morgan fingerprint density at radius 3 is 2.42 bits per heavy atom. The Hall–Kier alpha value is -3.87. The van der Waals surface area contributed by atoms with Crippen LogP contribution in [-0.2, 0) is 4.79 Å². The van der Waals surface area contributed by atoms with Crippen molar-refractivity contribution in [3.63, 3.8) is 0 Å². The molecule has 1 amide bonds. The summed E-state index contributed by atoms with van der Waals surface area (Å²) in [4.78, 5) is 11.9. The van der Waals surface area contributed by atoms with Crippen LogP contribution in [0.5, 0.6) is 0 Å². The first kappa shape index (κ1) is 15.6. The second kappa shape index (κ2) is 6.94. The van der Waals surface area contributed by atoms with Crippen LogP contribution in [0.2, 0.25) is 0 Å². The van der Waals surface area contributed by atoms with Crippen LogP contribution in [0, 0.1) is 0 Å². The fourth-order valence-electron chi connectivity index (χ4n) is 2.26. The van der Waals surface area contributed by atoms with Crippen LogP contribution in [0.25, 0.3) is 29.2 Å². The van der Waals surface area contributed by atoms with Gasteiger partial charge in [-0.05, 0) is 54.6 Å². The number of furan rings is 2. The van der Waals surface area contributed by atoms with E-state index in [2.05, 4.69) is 15.5 Å². The lowest BCUT2D eigenvalue weighted by molar-refractivity contribution is -0.111. The van der Waals surface area contributed by atoms with E-state index in [4.69, 9.17) is 13.3 Å². The predicted molar refractivity (Wildman–Crippen MR) is 93.8 cm³/mol. The van der Waals surface area contributed by atoms with E-state index in [1.165, 1.54) is 12.3 Å².